The number of piperazine rings is 1. The van der Waals surface area contributed by atoms with Crippen molar-refractivity contribution in [3.63, 3.8) is 0 Å². The van der Waals surface area contributed by atoms with Crippen molar-refractivity contribution in [1.29, 1.82) is 0 Å². The normalized spacial score (nSPS) is 14.1. The SMILES string of the molecule is C=C(/C=C(/c1ccccc1)N(C)CC(=O)N1CCN(c2ccc(F)cc2)C(=O)C1)c1ccccc1. The molecule has 4 rings (SSSR count). The van der Waals surface area contributed by atoms with Crippen molar-refractivity contribution in [3.8, 4) is 0 Å². The Hall–Kier alpha value is -4.19. The topological polar surface area (TPSA) is 43.9 Å². The molecule has 3 aromatic carbocycles. The van der Waals surface area contributed by atoms with E-state index in [4.69, 9.17) is 0 Å². The van der Waals surface area contributed by atoms with Gasteiger partial charge in [0.15, 0.2) is 0 Å². The van der Waals surface area contributed by atoms with E-state index in [-0.39, 0.29) is 30.7 Å². The van der Waals surface area contributed by atoms with Crippen LogP contribution in [0.4, 0.5) is 10.1 Å². The Bertz CT molecular complexity index is 1220. The molecule has 2 amide bonds. The van der Waals surface area contributed by atoms with Gasteiger partial charge in [0.25, 0.3) is 0 Å². The maximum atomic E-state index is 13.2. The minimum Gasteiger partial charge on any atom is -0.365 e. The zero-order valence-corrected chi connectivity index (χ0v) is 19.7. The van der Waals surface area contributed by atoms with Crippen LogP contribution in [0.15, 0.2) is 97.6 Å². The number of rotatable bonds is 7. The first kappa shape index (κ1) is 24.0. The number of carbonyl (C=O) groups excluding carboxylic acids is 2. The van der Waals surface area contributed by atoms with Crippen molar-refractivity contribution in [2.75, 3.05) is 38.1 Å². The number of nitrogens with zero attached hydrogens (tertiary/aromatic N) is 3. The Kier molecular flexibility index (Phi) is 7.41. The number of benzene rings is 3. The van der Waals surface area contributed by atoms with Gasteiger partial charge in [-0.3, -0.25) is 9.59 Å². The van der Waals surface area contributed by atoms with Crippen LogP contribution in [0.3, 0.4) is 0 Å². The van der Waals surface area contributed by atoms with Crippen LogP contribution in [0.5, 0.6) is 0 Å². The minimum absolute atomic E-state index is 0.00877. The molecule has 0 radical (unpaired) electrons. The molecule has 1 aliphatic heterocycles. The lowest BCUT2D eigenvalue weighted by Crippen LogP contribution is -2.54. The lowest BCUT2D eigenvalue weighted by Gasteiger charge is -2.35. The Balaban J connectivity index is 1.47. The first-order valence-corrected chi connectivity index (χ1v) is 11.5. The molecule has 1 fully saturated rings. The predicted octanol–water partition coefficient (Wildman–Crippen LogP) is 4.69. The molecule has 5 nitrogen and oxygen atoms in total. The van der Waals surface area contributed by atoms with E-state index < -0.39 is 0 Å². The van der Waals surface area contributed by atoms with Gasteiger partial charge in [-0.25, -0.2) is 4.39 Å². The first-order chi connectivity index (χ1) is 16.9. The number of hydrogen-bond acceptors (Lipinski definition) is 3. The Morgan fingerprint density at radius 3 is 2.14 bits per heavy atom. The van der Waals surface area contributed by atoms with Gasteiger partial charge in [-0.15, -0.1) is 0 Å². The molecule has 0 saturated carbocycles. The Morgan fingerprint density at radius 2 is 1.54 bits per heavy atom. The van der Waals surface area contributed by atoms with Crippen LogP contribution < -0.4 is 4.90 Å². The van der Waals surface area contributed by atoms with Crippen LogP contribution >= 0.6 is 0 Å². The molecular weight excluding hydrogens is 441 g/mol. The summed E-state index contributed by atoms with van der Waals surface area (Å²) >= 11 is 0. The molecule has 0 atom stereocenters. The largest absolute Gasteiger partial charge is 0.365 e. The van der Waals surface area contributed by atoms with Gasteiger partial charge in [0.1, 0.15) is 12.4 Å². The van der Waals surface area contributed by atoms with Gasteiger partial charge in [0.2, 0.25) is 11.8 Å². The van der Waals surface area contributed by atoms with Crippen LogP contribution in [-0.4, -0.2) is 54.8 Å². The number of anilines is 1. The molecule has 35 heavy (non-hydrogen) atoms. The molecule has 1 heterocycles. The van der Waals surface area contributed by atoms with Crippen molar-refractivity contribution >= 4 is 28.8 Å². The Labute approximate surface area is 205 Å². The fourth-order valence-electron chi connectivity index (χ4n) is 4.09. The molecule has 0 bridgehead atoms. The average molecular weight is 470 g/mol. The average Bonchev–Trinajstić information content (AvgIpc) is 2.88. The quantitative estimate of drug-likeness (QED) is 0.472. The van der Waals surface area contributed by atoms with E-state index in [0.717, 1.165) is 22.4 Å². The maximum Gasteiger partial charge on any atom is 0.246 e. The molecule has 0 aromatic heterocycles. The standard InChI is InChI=1S/C29H28FN3O2/c1-22(23-9-5-3-6-10-23)19-27(24-11-7-4-8-12-24)31(2)20-28(34)32-17-18-33(29(35)21-32)26-15-13-25(30)14-16-26/h3-16,19H,1,17-18,20-21H2,2H3/b27-19-. The summed E-state index contributed by atoms with van der Waals surface area (Å²) in [7, 11) is 1.87. The van der Waals surface area contributed by atoms with E-state index >= 15 is 0 Å². The lowest BCUT2D eigenvalue weighted by atomic mass is 10.0. The molecule has 1 saturated heterocycles. The number of hydrogen-bond donors (Lipinski definition) is 0. The molecule has 6 heteroatoms. The van der Waals surface area contributed by atoms with Crippen LogP contribution in [0.2, 0.25) is 0 Å². The van der Waals surface area contributed by atoms with Gasteiger partial charge in [-0.2, -0.15) is 0 Å². The molecule has 178 valence electrons. The number of amides is 2. The van der Waals surface area contributed by atoms with E-state index in [1.165, 1.54) is 12.1 Å². The molecule has 0 spiro atoms. The molecule has 0 unspecified atom stereocenters. The van der Waals surface area contributed by atoms with E-state index in [1.54, 1.807) is 21.9 Å². The van der Waals surface area contributed by atoms with Crippen LogP contribution in [-0.2, 0) is 9.59 Å². The zero-order chi connectivity index (χ0) is 24.8. The van der Waals surface area contributed by atoms with Crippen LogP contribution in [0.1, 0.15) is 11.1 Å². The fraction of sp³-hybridized carbons (Fsp3) is 0.172. The van der Waals surface area contributed by atoms with Crippen molar-refractivity contribution in [1.82, 2.24) is 9.80 Å². The highest BCUT2D eigenvalue weighted by atomic mass is 19.1. The second-order valence-electron chi connectivity index (χ2n) is 8.48. The van der Waals surface area contributed by atoms with E-state index in [2.05, 4.69) is 6.58 Å². The number of allylic oxidation sites excluding steroid dienone is 2. The highest BCUT2D eigenvalue weighted by molar-refractivity contribution is 5.98. The van der Waals surface area contributed by atoms with Crippen LogP contribution in [0.25, 0.3) is 11.3 Å². The summed E-state index contributed by atoms with van der Waals surface area (Å²) < 4.78 is 13.2. The van der Waals surface area contributed by atoms with Gasteiger partial charge in [0.05, 0.1) is 6.54 Å². The fourth-order valence-corrected chi connectivity index (χ4v) is 4.09. The summed E-state index contributed by atoms with van der Waals surface area (Å²) in [6.45, 7) is 5.11. The second kappa shape index (κ2) is 10.8. The Morgan fingerprint density at radius 1 is 0.943 bits per heavy atom. The predicted molar refractivity (Wildman–Crippen MR) is 138 cm³/mol. The molecule has 0 N–H and O–H groups in total. The van der Waals surface area contributed by atoms with Gasteiger partial charge < -0.3 is 14.7 Å². The smallest absolute Gasteiger partial charge is 0.246 e. The van der Waals surface area contributed by atoms with E-state index in [0.29, 0.717) is 18.8 Å². The monoisotopic (exact) mass is 469 g/mol. The number of likely N-dealkylation sites (N-methyl/N-ethyl adjacent to an activating group) is 1. The highest BCUT2D eigenvalue weighted by Crippen LogP contribution is 2.24. The van der Waals surface area contributed by atoms with Gasteiger partial charge in [-0.05, 0) is 47.0 Å². The summed E-state index contributed by atoms with van der Waals surface area (Å²) in [6, 6.07) is 25.6. The number of halogens is 1. The van der Waals surface area contributed by atoms with Gasteiger partial charge in [-0.1, -0.05) is 67.2 Å². The molecular formula is C29H28FN3O2. The summed E-state index contributed by atoms with van der Waals surface area (Å²) in [5.41, 5.74) is 4.31. The summed E-state index contributed by atoms with van der Waals surface area (Å²) in [6.07, 6.45) is 1.98. The maximum absolute atomic E-state index is 13.2. The van der Waals surface area contributed by atoms with E-state index in [1.807, 2.05) is 78.7 Å². The van der Waals surface area contributed by atoms with E-state index in [9.17, 15) is 14.0 Å². The van der Waals surface area contributed by atoms with Crippen molar-refractivity contribution < 1.29 is 14.0 Å². The summed E-state index contributed by atoms with van der Waals surface area (Å²) in [4.78, 5) is 30.9. The highest BCUT2D eigenvalue weighted by Gasteiger charge is 2.28. The lowest BCUT2D eigenvalue weighted by molar-refractivity contribution is -0.137. The zero-order valence-electron chi connectivity index (χ0n) is 19.7. The molecule has 3 aromatic rings. The van der Waals surface area contributed by atoms with Crippen molar-refractivity contribution in [2.24, 2.45) is 0 Å². The summed E-state index contributed by atoms with van der Waals surface area (Å²) in [5, 5.41) is 0. The number of carbonyl (C=O) groups is 2. The molecule has 0 aliphatic carbocycles. The third-order valence-corrected chi connectivity index (χ3v) is 6.02. The van der Waals surface area contributed by atoms with Crippen molar-refractivity contribution in [3.05, 3.63) is 115 Å². The molecule has 1 aliphatic rings. The summed E-state index contributed by atoms with van der Waals surface area (Å²) in [5.74, 6) is -0.669. The third kappa shape index (κ3) is 5.84. The van der Waals surface area contributed by atoms with Crippen molar-refractivity contribution in [2.45, 2.75) is 0 Å². The van der Waals surface area contributed by atoms with Gasteiger partial charge in [0, 0.05) is 31.5 Å². The third-order valence-electron chi connectivity index (χ3n) is 6.02. The minimum atomic E-state index is -0.352. The van der Waals surface area contributed by atoms with Gasteiger partial charge >= 0.3 is 0 Å². The second-order valence-corrected chi connectivity index (χ2v) is 8.48. The first-order valence-electron chi connectivity index (χ1n) is 11.5. The van der Waals surface area contributed by atoms with Crippen LogP contribution in [0, 0.1) is 5.82 Å².